The van der Waals surface area contributed by atoms with Gasteiger partial charge in [0.05, 0.1) is 5.56 Å². The Kier molecular flexibility index (Phi) is 8.36. The molecule has 1 N–H and O–H groups in total. The highest BCUT2D eigenvalue weighted by molar-refractivity contribution is 5.85. The van der Waals surface area contributed by atoms with Crippen molar-refractivity contribution in [3.05, 3.63) is 23.9 Å². The van der Waals surface area contributed by atoms with Gasteiger partial charge in [0.15, 0.2) is 0 Å². The van der Waals surface area contributed by atoms with Crippen LogP contribution in [0.1, 0.15) is 18.4 Å². The summed E-state index contributed by atoms with van der Waals surface area (Å²) in [6.07, 6.45) is -1.22. The number of nitrogens with one attached hydrogen (secondary N) is 1. The Hall–Kier alpha value is -0.720. The summed E-state index contributed by atoms with van der Waals surface area (Å²) >= 11 is 0. The first-order valence-corrected chi connectivity index (χ1v) is 6.42. The zero-order valence-electron chi connectivity index (χ0n) is 11.7. The lowest BCUT2D eigenvalue weighted by atomic mass is 9.98. The van der Waals surface area contributed by atoms with E-state index in [1.54, 1.807) is 0 Å². The van der Waals surface area contributed by atoms with Crippen LogP contribution in [0.2, 0.25) is 0 Å². The van der Waals surface area contributed by atoms with Gasteiger partial charge in [0.1, 0.15) is 5.82 Å². The molecule has 1 aliphatic heterocycles. The first-order chi connectivity index (χ1) is 8.97. The lowest BCUT2D eigenvalue weighted by Crippen LogP contribution is -2.34. The molecule has 8 heteroatoms. The molecule has 21 heavy (non-hydrogen) atoms. The van der Waals surface area contributed by atoms with Gasteiger partial charge in [-0.25, -0.2) is 4.98 Å². The lowest BCUT2D eigenvalue weighted by Gasteiger charge is -2.28. The van der Waals surface area contributed by atoms with Gasteiger partial charge in [-0.3, -0.25) is 0 Å². The third kappa shape index (κ3) is 5.88. The Bertz CT molecular complexity index is 406. The molecule has 0 bridgehead atoms. The van der Waals surface area contributed by atoms with E-state index in [0.29, 0.717) is 11.7 Å². The van der Waals surface area contributed by atoms with E-state index in [9.17, 15) is 13.2 Å². The van der Waals surface area contributed by atoms with E-state index in [1.165, 1.54) is 6.07 Å². The number of pyridine rings is 1. The van der Waals surface area contributed by atoms with E-state index in [2.05, 4.69) is 10.3 Å². The van der Waals surface area contributed by atoms with Crippen molar-refractivity contribution in [3.63, 3.8) is 0 Å². The highest BCUT2D eigenvalue weighted by Crippen LogP contribution is 2.29. The van der Waals surface area contributed by atoms with Gasteiger partial charge in [-0.2, -0.15) is 13.2 Å². The molecular formula is C13H20Cl2F3N3. The first kappa shape index (κ1) is 20.3. The molecule has 0 aromatic carbocycles. The number of hydrogen-bond donors (Lipinski definition) is 1. The minimum Gasteiger partial charge on any atom is -0.359 e. The number of anilines is 1. The van der Waals surface area contributed by atoms with Crippen molar-refractivity contribution >= 4 is 30.6 Å². The van der Waals surface area contributed by atoms with Crippen molar-refractivity contribution in [1.29, 1.82) is 0 Å². The van der Waals surface area contributed by atoms with Crippen molar-refractivity contribution < 1.29 is 13.2 Å². The second kappa shape index (κ2) is 8.66. The van der Waals surface area contributed by atoms with Gasteiger partial charge in [-0.05, 0) is 44.0 Å². The van der Waals surface area contributed by atoms with Crippen LogP contribution in [0.5, 0.6) is 0 Å². The largest absolute Gasteiger partial charge is 0.417 e. The maximum atomic E-state index is 12.4. The van der Waals surface area contributed by atoms with Gasteiger partial charge in [-0.15, -0.1) is 24.8 Å². The van der Waals surface area contributed by atoms with Crippen LogP contribution in [-0.4, -0.2) is 31.7 Å². The average Bonchev–Trinajstić information content (AvgIpc) is 2.39. The fraction of sp³-hybridized carbons (Fsp3) is 0.615. The van der Waals surface area contributed by atoms with Crippen LogP contribution in [-0.2, 0) is 6.18 Å². The molecule has 1 aromatic heterocycles. The van der Waals surface area contributed by atoms with Gasteiger partial charge in [0.2, 0.25) is 0 Å². The second-order valence-corrected chi connectivity index (χ2v) is 4.98. The van der Waals surface area contributed by atoms with Crippen molar-refractivity contribution in [2.75, 3.05) is 31.6 Å². The third-order valence-electron chi connectivity index (χ3n) is 3.46. The highest BCUT2D eigenvalue weighted by atomic mass is 35.5. The fourth-order valence-corrected chi connectivity index (χ4v) is 2.32. The summed E-state index contributed by atoms with van der Waals surface area (Å²) in [5.41, 5.74) is -0.702. The predicted octanol–water partition coefficient (Wildman–Crippen LogP) is 3.38. The summed E-state index contributed by atoms with van der Waals surface area (Å²) in [4.78, 5) is 5.83. The first-order valence-electron chi connectivity index (χ1n) is 6.42. The Morgan fingerprint density at radius 2 is 1.86 bits per heavy atom. The summed E-state index contributed by atoms with van der Waals surface area (Å²) in [7, 11) is 1.87. The normalized spacial score (nSPS) is 15.8. The summed E-state index contributed by atoms with van der Waals surface area (Å²) in [5, 5.41) is 3.29. The number of aromatic nitrogens is 1. The van der Waals surface area contributed by atoms with Crippen LogP contribution >= 0.6 is 24.8 Å². The van der Waals surface area contributed by atoms with Crippen LogP contribution in [0, 0.1) is 5.92 Å². The van der Waals surface area contributed by atoms with E-state index >= 15 is 0 Å². The Morgan fingerprint density at radius 1 is 1.24 bits per heavy atom. The van der Waals surface area contributed by atoms with Gasteiger partial charge in [-0.1, -0.05) is 0 Å². The van der Waals surface area contributed by atoms with E-state index < -0.39 is 11.7 Å². The molecule has 0 aliphatic carbocycles. The molecule has 1 aromatic rings. The number of alkyl halides is 3. The SMILES string of the molecule is CN(CC1CCNCC1)c1ccc(C(F)(F)F)cn1.Cl.Cl. The van der Waals surface area contributed by atoms with Gasteiger partial charge in [0, 0.05) is 19.8 Å². The van der Waals surface area contributed by atoms with Gasteiger partial charge >= 0.3 is 6.18 Å². The quantitative estimate of drug-likeness (QED) is 0.910. The van der Waals surface area contributed by atoms with E-state index in [4.69, 9.17) is 0 Å². The van der Waals surface area contributed by atoms with Gasteiger partial charge < -0.3 is 10.2 Å². The third-order valence-corrected chi connectivity index (χ3v) is 3.46. The van der Waals surface area contributed by atoms with Crippen LogP contribution in [0.15, 0.2) is 18.3 Å². The van der Waals surface area contributed by atoms with E-state index in [0.717, 1.165) is 44.7 Å². The molecule has 2 rings (SSSR count). The molecule has 0 radical (unpaired) electrons. The standard InChI is InChI=1S/C13H18F3N3.2ClH/c1-19(9-10-4-6-17-7-5-10)12-3-2-11(8-18-12)13(14,15)16;;/h2-3,8,10,17H,4-7,9H2,1H3;2*1H. The van der Waals surface area contributed by atoms with Gasteiger partial charge in [0.25, 0.3) is 0 Å². The van der Waals surface area contributed by atoms with Crippen molar-refractivity contribution in [3.8, 4) is 0 Å². The van der Waals surface area contributed by atoms with Crippen LogP contribution in [0.3, 0.4) is 0 Å². The zero-order valence-corrected chi connectivity index (χ0v) is 13.3. The minimum atomic E-state index is -4.32. The Labute approximate surface area is 135 Å². The predicted molar refractivity (Wildman–Crippen MR) is 82.6 cm³/mol. The van der Waals surface area contributed by atoms with E-state index in [1.807, 2.05) is 11.9 Å². The molecule has 0 amide bonds. The van der Waals surface area contributed by atoms with Crippen molar-refractivity contribution in [1.82, 2.24) is 10.3 Å². The molecule has 1 fully saturated rings. The van der Waals surface area contributed by atoms with Crippen molar-refractivity contribution in [2.45, 2.75) is 19.0 Å². The monoisotopic (exact) mass is 345 g/mol. The molecule has 0 unspecified atom stereocenters. The van der Waals surface area contributed by atoms with Crippen LogP contribution < -0.4 is 10.2 Å². The van der Waals surface area contributed by atoms with E-state index in [-0.39, 0.29) is 24.8 Å². The summed E-state index contributed by atoms with van der Waals surface area (Å²) in [6, 6.07) is 2.52. The lowest BCUT2D eigenvalue weighted by molar-refractivity contribution is -0.137. The molecular weight excluding hydrogens is 326 g/mol. The molecule has 0 spiro atoms. The fourth-order valence-electron chi connectivity index (χ4n) is 2.32. The summed E-state index contributed by atoms with van der Waals surface area (Å²) < 4.78 is 37.3. The molecule has 0 atom stereocenters. The molecule has 3 nitrogen and oxygen atoms in total. The topological polar surface area (TPSA) is 28.2 Å². The van der Waals surface area contributed by atoms with Crippen molar-refractivity contribution in [2.24, 2.45) is 5.92 Å². The molecule has 1 saturated heterocycles. The second-order valence-electron chi connectivity index (χ2n) is 4.98. The molecule has 122 valence electrons. The minimum absolute atomic E-state index is 0. The Morgan fingerprint density at radius 3 is 2.33 bits per heavy atom. The van der Waals surface area contributed by atoms with Crippen LogP contribution in [0.4, 0.5) is 19.0 Å². The number of hydrogen-bond acceptors (Lipinski definition) is 3. The molecule has 0 saturated carbocycles. The maximum absolute atomic E-state index is 12.4. The molecule has 2 heterocycles. The average molecular weight is 346 g/mol. The number of nitrogens with zero attached hydrogens (tertiary/aromatic N) is 2. The van der Waals surface area contributed by atoms with Crippen LogP contribution in [0.25, 0.3) is 0 Å². The smallest absolute Gasteiger partial charge is 0.359 e. The maximum Gasteiger partial charge on any atom is 0.417 e. The molecule has 1 aliphatic rings. The summed E-state index contributed by atoms with van der Waals surface area (Å²) in [6.45, 7) is 2.86. The summed E-state index contributed by atoms with van der Waals surface area (Å²) in [5.74, 6) is 1.17. The Balaban J connectivity index is 0.00000200. The number of piperidine rings is 1. The highest BCUT2D eigenvalue weighted by Gasteiger charge is 2.30. The number of halogens is 5. The zero-order chi connectivity index (χ0) is 13.9. The number of rotatable bonds is 3.